The lowest BCUT2D eigenvalue weighted by atomic mass is 9.96. The molecule has 4 heteroatoms. The highest BCUT2D eigenvalue weighted by molar-refractivity contribution is 5.94. The number of carbonyl (C=O) groups excluding carboxylic acids is 1. The molecule has 35 heavy (non-hydrogen) atoms. The fourth-order valence-corrected chi connectivity index (χ4v) is 4.55. The van der Waals surface area contributed by atoms with Gasteiger partial charge in [0.25, 0.3) is 0 Å². The zero-order chi connectivity index (χ0) is 25.1. The van der Waals surface area contributed by atoms with Gasteiger partial charge in [-0.1, -0.05) is 126 Å². The zero-order valence-corrected chi connectivity index (χ0v) is 21.6. The maximum atomic E-state index is 12.8. The lowest BCUT2D eigenvalue weighted by Crippen LogP contribution is -2.25. The number of hydrogen-bond acceptors (Lipinski definition) is 2. The standard InChI is InChI=1S/C31H45NO3/c1-2-3-4-5-6-7-8-9-10-11-12-16-19-28(25-30(33)34)31(35)32-29-22-20-27(21-23-29)24-26-17-14-13-15-18-26/h13-15,17-18,20-23,28H,2-12,16,19,24-25H2,1H3,(H,32,35)(H,33,34). The highest BCUT2D eigenvalue weighted by atomic mass is 16.4. The number of nitrogens with one attached hydrogen (secondary N) is 1. The van der Waals surface area contributed by atoms with Gasteiger partial charge >= 0.3 is 5.97 Å². The summed E-state index contributed by atoms with van der Waals surface area (Å²) in [5.74, 6) is -1.59. The Morgan fingerprint density at radius 2 is 1.23 bits per heavy atom. The van der Waals surface area contributed by atoms with E-state index in [1.165, 1.54) is 75.3 Å². The molecule has 0 heterocycles. The highest BCUT2D eigenvalue weighted by Gasteiger charge is 2.21. The topological polar surface area (TPSA) is 66.4 Å². The van der Waals surface area contributed by atoms with Crippen LogP contribution in [0.1, 0.15) is 108 Å². The van der Waals surface area contributed by atoms with Crippen molar-refractivity contribution < 1.29 is 14.7 Å². The molecule has 4 nitrogen and oxygen atoms in total. The highest BCUT2D eigenvalue weighted by Crippen LogP contribution is 2.20. The third kappa shape index (κ3) is 13.2. The van der Waals surface area contributed by atoms with E-state index in [4.69, 9.17) is 0 Å². The van der Waals surface area contributed by atoms with E-state index in [2.05, 4.69) is 24.4 Å². The zero-order valence-electron chi connectivity index (χ0n) is 21.6. The van der Waals surface area contributed by atoms with Crippen molar-refractivity contribution in [1.82, 2.24) is 0 Å². The summed E-state index contributed by atoms with van der Waals surface area (Å²) < 4.78 is 0. The molecule has 1 amide bonds. The number of carbonyl (C=O) groups is 2. The second kappa shape index (κ2) is 17.8. The largest absolute Gasteiger partial charge is 0.481 e. The van der Waals surface area contributed by atoms with E-state index in [1.54, 1.807) is 0 Å². The van der Waals surface area contributed by atoms with Crippen molar-refractivity contribution in [2.24, 2.45) is 5.92 Å². The molecule has 0 aromatic heterocycles. The average molecular weight is 480 g/mol. The van der Waals surface area contributed by atoms with Gasteiger partial charge in [0.1, 0.15) is 0 Å². The van der Waals surface area contributed by atoms with Gasteiger partial charge in [0.15, 0.2) is 0 Å². The molecule has 0 saturated heterocycles. The number of carboxylic acids is 1. The summed E-state index contributed by atoms with van der Waals surface area (Å²) >= 11 is 0. The van der Waals surface area contributed by atoms with Gasteiger partial charge in [-0.2, -0.15) is 0 Å². The van der Waals surface area contributed by atoms with Gasteiger partial charge < -0.3 is 10.4 Å². The summed E-state index contributed by atoms with van der Waals surface area (Å²) in [4.78, 5) is 24.1. The predicted octanol–water partition coefficient (Wildman–Crippen LogP) is 8.40. The van der Waals surface area contributed by atoms with Gasteiger partial charge in [-0.3, -0.25) is 9.59 Å². The summed E-state index contributed by atoms with van der Waals surface area (Å²) in [5, 5.41) is 12.2. The number of unbranched alkanes of at least 4 members (excludes halogenated alkanes) is 11. The summed E-state index contributed by atoms with van der Waals surface area (Å²) in [5.41, 5.74) is 3.14. The molecule has 0 radical (unpaired) electrons. The van der Waals surface area contributed by atoms with Crippen molar-refractivity contribution in [2.75, 3.05) is 5.32 Å². The molecular formula is C31H45NO3. The molecule has 2 aromatic carbocycles. The SMILES string of the molecule is CCCCCCCCCCCCCCC(CC(=O)O)C(=O)Nc1ccc(Cc2ccccc2)cc1. The van der Waals surface area contributed by atoms with Crippen LogP contribution in [0.15, 0.2) is 54.6 Å². The Hall–Kier alpha value is -2.62. The molecule has 2 N–H and O–H groups in total. The molecule has 0 fully saturated rings. The van der Waals surface area contributed by atoms with Gasteiger partial charge in [-0.25, -0.2) is 0 Å². The first-order valence-corrected chi connectivity index (χ1v) is 13.7. The van der Waals surface area contributed by atoms with Crippen LogP contribution in [0.4, 0.5) is 5.69 Å². The van der Waals surface area contributed by atoms with Crippen molar-refractivity contribution in [3.05, 3.63) is 65.7 Å². The minimum Gasteiger partial charge on any atom is -0.481 e. The number of rotatable bonds is 19. The predicted molar refractivity (Wildman–Crippen MR) is 146 cm³/mol. The Kier molecular flexibility index (Phi) is 14.5. The Morgan fingerprint density at radius 3 is 1.77 bits per heavy atom. The smallest absolute Gasteiger partial charge is 0.304 e. The molecular weight excluding hydrogens is 434 g/mol. The Balaban J connectivity index is 1.66. The van der Waals surface area contributed by atoms with Crippen LogP contribution >= 0.6 is 0 Å². The van der Waals surface area contributed by atoms with Crippen molar-refractivity contribution >= 4 is 17.6 Å². The van der Waals surface area contributed by atoms with Crippen LogP contribution in [-0.4, -0.2) is 17.0 Å². The Labute approximate surface area is 212 Å². The van der Waals surface area contributed by atoms with Crippen molar-refractivity contribution in [3.63, 3.8) is 0 Å². The monoisotopic (exact) mass is 479 g/mol. The molecule has 0 bridgehead atoms. The molecule has 0 aliphatic carbocycles. The fourth-order valence-electron chi connectivity index (χ4n) is 4.55. The van der Waals surface area contributed by atoms with Gasteiger partial charge in [0, 0.05) is 11.6 Å². The second-order valence-electron chi connectivity index (χ2n) is 9.82. The van der Waals surface area contributed by atoms with E-state index >= 15 is 0 Å². The minimum atomic E-state index is -0.915. The number of anilines is 1. The van der Waals surface area contributed by atoms with Gasteiger partial charge in [-0.05, 0) is 36.1 Å². The van der Waals surface area contributed by atoms with E-state index in [-0.39, 0.29) is 12.3 Å². The molecule has 0 saturated carbocycles. The maximum Gasteiger partial charge on any atom is 0.304 e. The molecule has 0 aliphatic rings. The van der Waals surface area contributed by atoms with Crippen LogP contribution in [-0.2, 0) is 16.0 Å². The molecule has 192 valence electrons. The lowest BCUT2D eigenvalue weighted by molar-refractivity contribution is -0.140. The van der Waals surface area contributed by atoms with Crippen LogP contribution in [0.5, 0.6) is 0 Å². The van der Waals surface area contributed by atoms with Gasteiger partial charge in [-0.15, -0.1) is 0 Å². The first kappa shape index (κ1) is 28.6. The van der Waals surface area contributed by atoms with E-state index in [0.717, 1.165) is 24.9 Å². The lowest BCUT2D eigenvalue weighted by Gasteiger charge is -2.15. The minimum absolute atomic E-state index is 0.115. The Morgan fingerprint density at radius 1 is 0.714 bits per heavy atom. The van der Waals surface area contributed by atoms with Crippen LogP contribution in [0.3, 0.4) is 0 Å². The maximum absolute atomic E-state index is 12.8. The van der Waals surface area contributed by atoms with E-state index in [9.17, 15) is 14.7 Å². The molecule has 0 aliphatic heterocycles. The quantitative estimate of drug-likeness (QED) is 0.199. The van der Waals surface area contributed by atoms with E-state index in [0.29, 0.717) is 6.42 Å². The molecule has 0 spiro atoms. The number of carboxylic acid groups (broad SMARTS) is 1. The van der Waals surface area contributed by atoms with Crippen molar-refractivity contribution in [1.29, 1.82) is 0 Å². The second-order valence-corrected chi connectivity index (χ2v) is 9.82. The molecule has 1 unspecified atom stereocenters. The summed E-state index contributed by atoms with van der Waals surface area (Å²) in [6.07, 6.45) is 16.5. The van der Waals surface area contributed by atoms with Crippen LogP contribution in [0.2, 0.25) is 0 Å². The third-order valence-corrected chi connectivity index (χ3v) is 6.67. The van der Waals surface area contributed by atoms with Crippen molar-refractivity contribution in [2.45, 2.75) is 103 Å². The fraction of sp³-hybridized carbons (Fsp3) is 0.548. The third-order valence-electron chi connectivity index (χ3n) is 6.67. The van der Waals surface area contributed by atoms with E-state index < -0.39 is 11.9 Å². The van der Waals surface area contributed by atoms with Crippen LogP contribution < -0.4 is 5.32 Å². The molecule has 2 rings (SSSR count). The number of aliphatic carboxylic acids is 1. The summed E-state index contributed by atoms with van der Waals surface area (Å²) in [6.45, 7) is 2.25. The summed E-state index contributed by atoms with van der Waals surface area (Å²) in [7, 11) is 0. The van der Waals surface area contributed by atoms with Gasteiger partial charge in [0.05, 0.1) is 6.42 Å². The summed E-state index contributed by atoms with van der Waals surface area (Å²) in [6, 6.07) is 18.1. The normalized spacial score (nSPS) is 11.8. The molecule has 2 aromatic rings. The average Bonchev–Trinajstić information content (AvgIpc) is 2.85. The van der Waals surface area contributed by atoms with Gasteiger partial charge in [0.2, 0.25) is 5.91 Å². The first-order valence-electron chi connectivity index (χ1n) is 13.7. The van der Waals surface area contributed by atoms with Crippen LogP contribution in [0, 0.1) is 5.92 Å². The van der Waals surface area contributed by atoms with Crippen LogP contribution in [0.25, 0.3) is 0 Å². The van der Waals surface area contributed by atoms with Crippen molar-refractivity contribution in [3.8, 4) is 0 Å². The van der Waals surface area contributed by atoms with E-state index in [1.807, 2.05) is 42.5 Å². The first-order chi connectivity index (χ1) is 17.1. The number of benzene rings is 2. The Bertz CT molecular complexity index is 832. The number of amides is 1. The molecule has 1 atom stereocenters. The number of hydrogen-bond donors (Lipinski definition) is 2.